The summed E-state index contributed by atoms with van der Waals surface area (Å²) in [6.07, 6.45) is 2.77. The van der Waals surface area contributed by atoms with Gasteiger partial charge in [0.1, 0.15) is 0 Å². The molecule has 0 aromatic carbocycles. The number of nitrogens with two attached hydrogens (primary N) is 1. The largest absolute Gasteiger partial charge is 0.326 e. The SMILES string of the molecule is CCCn1ccc(CN)cc1=O. The third kappa shape index (κ3) is 1.95. The van der Waals surface area contributed by atoms with E-state index < -0.39 is 0 Å². The topological polar surface area (TPSA) is 48.0 Å². The molecule has 0 atom stereocenters. The van der Waals surface area contributed by atoms with Gasteiger partial charge in [-0.1, -0.05) is 6.92 Å². The highest BCUT2D eigenvalue weighted by Crippen LogP contribution is 1.93. The van der Waals surface area contributed by atoms with Gasteiger partial charge < -0.3 is 10.3 Å². The molecular weight excluding hydrogens is 152 g/mol. The number of pyridine rings is 1. The fraction of sp³-hybridized carbons (Fsp3) is 0.444. The average Bonchev–Trinajstić information content (AvgIpc) is 2.09. The van der Waals surface area contributed by atoms with Gasteiger partial charge in [0.2, 0.25) is 0 Å². The molecule has 0 saturated carbocycles. The second-order valence-electron chi connectivity index (χ2n) is 2.77. The van der Waals surface area contributed by atoms with E-state index >= 15 is 0 Å². The predicted octanol–water partition coefficient (Wildman–Crippen LogP) is 0.717. The van der Waals surface area contributed by atoms with Gasteiger partial charge in [0.25, 0.3) is 5.56 Å². The van der Waals surface area contributed by atoms with Crippen molar-refractivity contribution >= 4 is 0 Å². The highest BCUT2D eigenvalue weighted by molar-refractivity contribution is 5.10. The summed E-state index contributed by atoms with van der Waals surface area (Å²) in [6.45, 7) is 3.26. The van der Waals surface area contributed by atoms with Crippen molar-refractivity contribution in [3.63, 3.8) is 0 Å². The molecule has 3 heteroatoms. The molecule has 0 aliphatic carbocycles. The van der Waals surface area contributed by atoms with Crippen molar-refractivity contribution in [3.8, 4) is 0 Å². The van der Waals surface area contributed by atoms with Crippen LogP contribution in [0, 0.1) is 0 Å². The predicted molar refractivity (Wildman–Crippen MR) is 48.9 cm³/mol. The molecule has 1 aromatic heterocycles. The molecule has 2 N–H and O–H groups in total. The summed E-state index contributed by atoms with van der Waals surface area (Å²) in [4.78, 5) is 11.3. The molecule has 0 bridgehead atoms. The van der Waals surface area contributed by atoms with E-state index in [-0.39, 0.29) is 5.56 Å². The van der Waals surface area contributed by atoms with Crippen molar-refractivity contribution in [1.29, 1.82) is 0 Å². The van der Waals surface area contributed by atoms with E-state index in [9.17, 15) is 4.79 Å². The Bertz CT molecular complexity index is 304. The molecule has 0 saturated heterocycles. The quantitative estimate of drug-likeness (QED) is 0.719. The van der Waals surface area contributed by atoms with Crippen molar-refractivity contribution in [2.75, 3.05) is 0 Å². The maximum Gasteiger partial charge on any atom is 0.250 e. The van der Waals surface area contributed by atoms with Crippen LogP contribution in [0.1, 0.15) is 18.9 Å². The zero-order valence-electron chi connectivity index (χ0n) is 7.29. The van der Waals surface area contributed by atoms with Crippen molar-refractivity contribution < 1.29 is 0 Å². The number of nitrogens with zero attached hydrogens (tertiary/aromatic N) is 1. The minimum atomic E-state index is 0.0415. The minimum absolute atomic E-state index is 0.0415. The van der Waals surface area contributed by atoms with E-state index in [0.29, 0.717) is 6.54 Å². The van der Waals surface area contributed by atoms with Gasteiger partial charge in [-0.15, -0.1) is 0 Å². The summed E-state index contributed by atoms with van der Waals surface area (Å²) in [7, 11) is 0. The number of hydrogen-bond acceptors (Lipinski definition) is 2. The average molecular weight is 166 g/mol. The van der Waals surface area contributed by atoms with E-state index in [1.54, 1.807) is 16.8 Å². The van der Waals surface area contributed by atoms with Crippen LogP contribution >= 0.6 is 0 Å². The van der Waals surface area contributed by atoms with Crippen molar-refractivity contribution in [3.05, 3.63) is 34.2 Å². The monoisotopic (exact) mass is 166 g/mol. The summed E-state index contributed by atoms with van der Waals surface area (Å²) in [5.41, 5.74) is 6.33. The van der Waals surface area contributed by atoms with Gasteiger partial charge in [0, 0.05) is 25.4 Å². The Labute approximate surface area is 71.8 Å². The van der Waals surface area contributed by atoms with Crippen LogP contribution in [0.3, 0.4) is 0 Å². The van der Waals surface area contributed by atoms with Gasteiger partial charge in [-0.2, -0.15) is 0 Å². The van der Waals surface area contributed by atoms with Crippen LogP contribution in [-0.2, 0) is 13.1 Å². The van der Waals surface area contributed by atoms with Gasteiger partial charge >= 0.3 is 0 Å². The Balaban J connectivity index is 2.96. The smallest absolute Gasteiger partial charge is 0.250 e. The van der Waals surface area contributed by atoms with Crippen LogP contribution in [-0.4, -0.2) is 4.57 Å². The molecule has 3 nitrogen and oxygen atoms in total. The van der Waals surface area contributed by atoms with Crippen molar-refractivity contribution in [2.45, 2.75) is 26.4 Å². The molecule has 66 valence electrons. The lowest BCUT2D eigenvalue weighted by molar-refractivity contribution is 0.652. The van der Waals surface area contributed by atoms with Crippen LogP contribution in [0.5, 0.6) is 0 Å². The summed E-state index contributed by atoms with van der Waals surface area (Å²) in [5, 5.41) is 0. The molecule has 0 amide bonds. The first kappa shape index (κ1) is 9.00. The molecule has 12 heavy (non-hydrogen) atoms. The van der Waals surface area contributed by atoms with Crippen LogP contribution in [0.2, 0.25) is 0 Å². The Kier molecular flexibility index (Phi) is 3.05. The Morgan fingerprint density at radius 2 is 2.33 bits per heavy atom. The van der Waals surface area contributed by atoms with Gasteiger partial charge in [-0.3, -0.25) is 4.79 Å². The maximum atomic E-state index is 11.3. The fourth-order valence-corrected chi connectivity index (χ4v) is 1.10. The summed E-state index contributed by atoms with van der Waals surface area (Å²) in [6, 6.07) is 3.48. The zero-order valence-corrected chi connectivity index (χ0v) is 7.29. The van der Waals surface area contributed by atoms with Gasteiger partial charge in [0.05, 0.1) is 0 Å². The molecule has 1 heterocycles. The first-order valence-electron chi connectivity index (χ1n) is 4.17. The Morgan fingerprint density at radius 1 is 1.58 bits per heavy atom. The normalized spacial score (nSPS) is 10.2. The summed E-state index contributed by atoms with van der Waals surface area (Å²) in [5.74, 6) is 0. The molecule has 0 spiro atoms. The second-order valence-corrected chi connectivity index (χ2v) is 2.77. The number of rotatable bonds is 3. The highest BCUT2D eigenvalue weighted by Gasteiger charge is 1.94. The molecule has 1 rings (SSSR count). The molecule has 0 aliphatic rings. The van der Waals surface area contributed by atoms with Crippen LogP contribution in [0.4, 0.5) is 0 Å². The first-order chi connectivity index (χ1) is 5.77. The number of aryl methyl sites for hydroxylation is 1. The molecule has 0 fully saturated rings. The van der Waals surface area contributed by atoms with E-state index in [1.165, 1.54) is 0 Å². The van der Waals surface area contributed by atoms with Gasteiger partial charge in [0.15, 0.2) is 0 Å². The lowest BCUT2D eigenvalue weighted by Crippen LogP contribution is -2.19. The van der Waals surface area contributed by atoms with Crippen LogP contribution in [0.15, 0.2) is 23.1 Å². The van der Waals surface area contributed by atoms with E-state index in [2.05, 4.69) is 0 Å². The minimum Gasteiger partial charge on any atom is -0.326 e. The number of aromatic nitrogens is 1. The van der Waals surface area contributed by atoms with E-state index in [0.717, 1.165) is 18.5 Å². The van der Waals surface area contributed by atoms with Crippen LogP contribution in [0.25, 0.3) is 0 Å². The van der Waals surface area contributed by atoms with Gasteiger partial charge in [-0.25, -0.2) is 0 Å². The lowest BCUT2D eigenvalue weighted by atomic mass is 10.2. The third-order valence-corrected chi connectivity index (χ3v) is 1.76. The van der Waals surface area contributed by atoms with Crippen molar-refractivity contribution in [2.24, 2.45) is 5.73 Å². The Morgan fingerprint density at radius 3 is 2.83 bits per heavy atom. The highest BCUT2D eigenvalue weighted by atomic mass is 16.1. The molecule has 0 unspecified atom stereocenters. The summed E-state index contributed by atoms with van der Waals surface area (Å²) < 4.78 is 1.69. The first-order valence-corrected chi connectivity index (χ1v) is 4.17. The van der Waals surface area contributed by atoms with Crippen molar-refractivity contribution in [1.82, 2.24) is 4.57 Å². The third-order valence-electron chi connectivity index (χ3n) is 1.76. The molecule has 0 aliphatic heterocycles. The summed E-state index contributed by atoms with van der Waals surface area (Å²) >= 11 is 0. The van der Waals surface area contributed by atoms with E-state index in [1.807, 2.05) is 13.0 Å². The fourth-order valence-electron chi connectivity index (χ4n) is 1.10. The molecule has 0 radical (unpaired) electrons. The zero-order chi connectivity index (χ0) is 8.97. The number of hydrogen-bond donors (Lipinski definition) is 1. The molecular formula is C9H14N2O. The van der Waals surface area contributed by atoms with Crippen LogP contribution < -0.4 is 11.3 Å². The van der Waals surface area contributed by atoms with Gasteiger partial charge in [-0.05, 0) is 18.1 Å². The lowest BCUT2D eigenvalue weighted by Gasteiger charge is -2.03. The second kappa shape index (κ2) is 4.07. The Hall–Kier alpha value is -1.09. The standard InChI is InChI=1S/C9H14N2O/c1-2-4-11-5-3-8(7-10)6-9(11)12/h3,5-6H,2,4,7,10H2,1H3. The molecule has 1 aromatic rings. The van der Waals surface area contributed by atoms with E-state index in [4.69, 9.17) is 5.73 Å². The maximum absolute atomic E-state index is 11.3.